The number of hydrogen-bond donors (Lipinski definition) is 0. The predicted molar refractivity (Wildman–Crippen MR) is 149 cm³/mol. The van der Waals surface area contributed by atoms with Gasteiger partial charge >= 0.3 is 0 Å². The van der Waals surface area contributed by atoms with E-state index in [1.54, 1.807) is 0 Å². The molecule has 0 nitrogen and oxygen atoms in total. The maximum atomic E-state index is 4.26. The van der Waals surface area contributed by atoms with Crippen LogP contribution in [0, 0.1) is 0 Å². The monoisotopic (exact) mass is 416 g/mol. The van der Waals surface area contributed by atoms with Crippen LogP contribution in [0.1, 0.15) is 73.9 Å². The van der Waals surface area contributed by atoms with Crippen molar-refractivity contribution in [1.29, 1.82) is 0 Å². The first kappa shape index (κ1) is 30.3. The van der Waals surface area contributed by atoms with Gasteiger partial charge in [0.1, 0.15) is 0 Å². The summed E-state index contributed by atoms with van der Waals surface area (Å²) < 4.78 is 0. The second kappa shape index (κ2) is 18.0. The van der Waals surface area contributed by atoms with Crippen molar-refractivity contribution in [2.75, 3.05) is 0 Å². The molecule has 0 fully saturated rings. The summed E-state index contributed by atoms with van der Waals surface area (Å²) in [5.74, 6) is 0. The number of rotatable bonds is 3. The Kier molecular flexibility index (Phi) is 17.6. The second-order valence-electron chi connectivity index (χ2n) is 5.99. The number of benzene rings is 3. The van der Waals surface area contributed by atoms with Crippen molar-refractivity contribution < 1.29 is 0 Å². The molecule has 0 amide bonds. The van der Waals surface area contributed by atoms with Gasteiger partial charge in [-0.1, -0.05) is 141 Å². The molecule has 0 radical (unpaired) electrons. The minimum absolute atomic E-state index is 0. The molecular formula is C31H44. The maximum Gasteiger partial charge on any atom is -0.0111 e. The largest absolute Gasteiger partial charge is 0.0905 e. The van der Waals surface area contributed by atoms with Crippen LogP contribution in [-0.4, -0.2) is 0 Å². The highest BCUT2D eigenvalue weighted by Crippen LogP contribution is 2.15. The van der Waals surface area contributed by atoms with Gasteiger partial charge in [-0.05, 0) is 51.8 Å². The molecule has 168 valence electrons. The van der Waals surface area contributed by atoms with Crippen LogP contribution >= 0.6 is 0 Å². The highest BCUT2D eigenvalue weighted by molar-refractivity contribution is 5.83. The summed E-state index contributed by atoms with van der Waals surface area (Å²) in [5, 5.41) is 4.70. The Labute approximate surface area is 192 Å². The average molecular weight is 417 g/mol. The molecule has 0 bridgehead atoms. The summed E-state index contributed by atoms with van der Waals surface area (Å²) in [6.45, 7) is 20.4. The molecule has 0 unspecified atom stereocenters. The molecule has 0 saturated heterocycles. The lowest BCUT2D eigenvalue weighted by molar-refractivity contribution is 1.50. The third-order valence-electron chi connectivity index (χ3n) is 4.31. The van der Waals surface area contributed by atoms with Crippen molar-refractivity contribution in [2.24, 2.45) is 0 Å². The normalized spacial score (nSPS) is 10.7. The van der Waals surface area contributed by atoms with E-state index in [9.17, 15) is 0 Å². The third kappa shape index (κ3) is 9.22. The fourth-order valence-corrected chi connectivity index (χ4v) is 2.87. The molecule has 0 aliphatic carbocycles. The van der Waals surface area contributed by atoms with Gasteiger partial charge in [-0.25, -0.2) is 0 Å². The van der Waals surface area contributed by atoms with Gasteiger partial charge in [-0.3, -0.25) is 0 Å². The van der Waals surface area contributed by atoms with E-state index in [2.05, 4.69) is 98.5 Å². The van der Waals surface area contributed by atoms with Crippen LogP contribution in [0.5, 0.6) is 0 Å². The number of hydrogen-bond acceptors (Lipinski definition) is 0. The van der Waals surface area contributed by atoms with Gasteiger partial charge in [0, 0.05) is 0 Å². The Hall–Kier alpha value is -2.86. The van der Waals surface area contributed by atoms with E-state index in [-0.39, 0.29) is 7.43 Å². The lowest BCUT2D eigenvalue weighted by Crippen LogP contribution is -2.23. The van der Waals surface area contributed by atoms with Crippen molar-refractivity contribution in [3.63, 3.8) is 0 Å². The molecule has 0 N–H and O–H groups in total. The summed E-state index contributed by atoms with van der Waals surface area (Å²) in [5.41, 5.74) is 3.72. The Bertz CT molecular complexity index is 1020. The highest BCUT2D eigenvalue weighted by Gasteiger charge is 1.96. The Balaban J connectivity index is 0. The molecule has 0 aliphatic heterocycles. The maximum absolute atomic E-state index is 4.26. The number of allylic oxidation sites excluding steroid dienone is 3. The summed E-state index contributed by atoms with van der Waals surface area (Å²) >= 11 is 0. The van der Waals surface area contributed by atoms with Crippen LogP contribution in [-0.2, 0) is 0 Å². The molecule has 3 rings (SSSR count). The first-order chi connectivity index (χ1) is 14.7. The lowest BCUT2D eigenvalue weighted by atomic mass is 10.0. The second-order valence-corrected chi connectivity index (χ2v) is 5.99. The summed E-state index contributed by atoms with van der Waals surface area (Å²) in [6, 6.07) is 21.3. The van der Waals surface area contributed by atoms with Crippen LogP contribution in [0.15, 0.2) is 72.8 Å². The quantitative estimate of drug-likeness (QED) is 0.400. The zero-order valence-electron chi connectivity index (χ0n) is 20.3. The smallest absolute Gasteiger partial charge is 0.0111 e. The van der Waals surface area contributed by atoms with Crippen LogP contribution in [0.25, 0.3) is 35.1 Å². The Morgan fingerprint density at radius 3 is 1.94 bits per heavy atom. The standard InChI is InChI=1S/C24H22.3C2H6.CH4/c1-4-7-20-11-14-21(15-12-20)18(2)10-13-22-16-17-23-8-5-6-9-24(23)19(22)3;3*1-2;/h4-17H,3H2,1-2H3;3*1-2H3;1H4/b7-4+,18-10+,22-13-;;;;. The molecule has 31 heavy (non-hydrogen) atoms. The third-order valence-corrected chi connectivity index (χ3v) is 4.31. The first-order valence-electron chi connectivity index (χ1n) is 11.3. The fraction of sp³-hybridized carbons (Fsp3) is 0.290. The molecule has 0 heteroatoms. The summed E-state index contributed by atoms with van der Waals surface area (Å²) in [4.78, 5) is 0. The molecular weight excluding hydrogens is 372 g/mol. The van der Waals surface area contributed by atoms with Crippen LogP contribution < -0.4 is 10.4 Å². The Morgan fingerprint density at radius 1 is 0.774 bits per heavy atom. The highest BCUT2D eigenvalue weighted by atomic mass is 14.0. The van der Waals surface area contributed by atoms with Crippen molar-refractivity contribution in [3.8, 4) is 0 Å². The minimum atomic E-state index is 0. The Morgan fingerprint density at radius 2 is 1.35 bits per heavy atom. The van der Waals surface area contributed by atoms with E-state index in [0.29, 0.717) is 0 Å². The van der Waals surface area contributed by atoms with Crippen LogP contribution in [0.3, 0.4) is 0 Å². The molecule has 0 spiro atoms. The molecule has 0 atom stereocenters. The van der Waals surface area contributed by atoms with Crippen LogP contribution in [0.4, 0.5) is 0 Å². The molecule has 0 saturated carbocycles. The van der Waals surface area contributed by atoms with Gasteiger partial charge < -0.3 is 0 Å². The molecule has 3 aromatic carbocycles. The van der Waals surface area contributed by atoms with E-state index >= 15 is 0 Å². The summed E-state index contributed by atoms with van der Waals surface area (Å²) in [6.07, 6.45) is 8.49. The van der Waals surface area contributed by atoms with Crippen molar-refractivity contribution in [1.82, 2.24) is 0 Å². The van der Waals surface area contributed by atoms with Crippen LogP contribution in [0.2, 0.25) is 0 Å². The SMILES string of the molecule is C.C=c1/c(=C\C=C(/C)c2ccc(/C=C/C)cc2)ccc2ccccc12.CC.CC.CC. The molecule has 0 aromatic heterocycles. The van der Waals surface area contributed by atoms with Gasteiger partial charge in [-0.15, -0.1) is 0 Å². The zero-order chi connectivity index (χ0) is 22.9. The van der Waals surface area contributed by atoms with Crippen molar-refractivity contribution in [2.45, 2.75) is 62.8 Å². The van der Waals surface area contributed by atoms with E-state index < -0.39 is 0 Å². The summed E-state index contributed by atoms with van der Waals surface area (Å²) in [7, 11) is 0. The van der Waals surface area contributed by atoms with Gasteiger partial charge in [-0.2, -0.15) is 0 Å². The first-order valence-corrected chi connectivity index (χ1v) is 11.3. The van der Waals surface area contributed by atoms with Gasteiger partial charge in [0.2, 0.25) is 0 Å². The lowest BCUT2D eigenvalue weighted by Gasteiger charge is -2.02. The predicted octanol–water partition coefficient (Wildman–Crippen LogP) is 8.88. The zero-order valence-corrected chi connectivity index (χ0v) is 20.3. The van der Waals surface area contributed by atoms with E-state index in [0.717, 1.165) is 5.22 Å². The molecule has 3 aromatic rings. The van der Waals surface area contributed by atoms with Crippen molar-refractivity contribution >= 4 is 35.1 Å². The van der Waals surface area contributed by atoms with Gasteiger partial charge in [0.15, 0.2) is 0 Å². The van der Waals surface area contributed by atoms with Gasteiger partial charge in [0.25, 0.3) is 0 Å². The van der Waals surface area contributed by atoms with E-state index in [1.807, 2.05) is 48.5 Å². The van der Waals surface area contributed by atoms with Gasteiger partial charge in [0.05, 0.1) is 0 Å². The minimum Gasteiger partial charge on any atom is -0.0905 e. The average Bonchev–Trinajstić information content (AvgIpc) is 2.83. The van der Waals surface area contributed by atoms with E-state index in [1.165, 1.54) is 32.7 Å². The fourth-order valence-electron chi connectivity index (χ4n) is 2.87. The number of fused-ring (bicyclic) bond motifs is 1. The molecule has 0 aliphatic rings. The molecule has 0 heterocycles. The van der Waals surface area contributed by atoms with Crippen molar-refractivity contribution in [3.05, 3.63) is 94.4 Å². The topological polar surface area (TPSA) is 0 Å². The van der Waals surface area contributed by atoms with E-state index in [4.69, 9.17) is 0 Å².